The van der Waals surface area contributed by atoms with Gasteiger partial charge in [0, 0.05) is 7.05 Å². The number of rotatable bonds is 2. The first-order valence-corrected chi connectivity index (χ1v) is 7.22. The van der Waals surface area contributed by atoms with Gasteiger partial charge in [-0.25, -0.2) is 0 Å². The van der Waals surface area contributed by atoms with Gasteiger partial charge in [0.05, 0.1) is 5.69 Å². The zero-order chi connectivity index (χ0) is 15.1. The molecule has 1 amide bonds. The molecule has 3 rings (SSSR count). The van der Waals surface area contributed by atoms with Crippen LogP contribution in [0.3, 0.4) is 0 Å². The Morgan fingerprint density at radius 3 is 2.81 bits per heavy atom. The summed E-state index contributed by atoms with van der Waals surface area (Å²) in [7, 11) is 1.78. The quantitative estimate of drug-likeness (QED) is 0.655. The van der Waals surface area contributed by atoms with Crippen LogP contribution in [-0.2, 0) is 9.59 Å². The van der Waals surface area contributed by atoms with Gasteiger partial charge in [-0.2, -0.15) is 0 Å². The summed E-state index contributed by atoms with van der Waals surface area (Å²) in [6.45, 7) is -0.446. The van der Waals surface area contributed by atoms with Crippen LogP contribution in [-0.4, -0.2) is 39.8 Å². The Morgan fingerprint density at radius 1 is 1.43 bits per heavy atom. The second-order valence-electron chi connectivity index (χ2n) is 4.42. The summed E-state index contributed by atoms with van der Waals surface area (Å²) < 4.78 is 5.93. The first kappa shape index (κ1) is 13.9. The minimum atomic E-state index is -1.11. The first-order valence-electron chi connectivity index (χ1n) is 5.99. The summed E-state index contributed by atoms with van der Waals surface area (Å²) in [4.78, 5) is 26.2. The molecule has 0 aromatic heterocycles. The van der Waals surface area contributed by atoms with Crippen LogP contribution >= 0.6 is 24.0 Å². The van der Waals surface area contributed by atoms with Crippen molar-refractivity contribution in [1.82, 2.24) is 4.90 Å². The van der Waals surface area contributed by atoms with Crippen molar-refractivity contribution < 1.29 is 19.4 Å². The smallest absolute Gasteiger partial charge is 0.323 e. The average Bonchev–Trinajstić information content (AvgIpc) is 2.91. The van der Waals surface area contributed by atoms with Crippen LogP contribution < -0.4 is 9.64 Å². The Bertz CT molecular complexity index is 701. The van der Waals surface area contributed by atoms with E-state index in [-0.39, 0.29) is 4.32 Å². The van der Waals surface area contributed by atoms with E-state index < -0.39 is 18.4 Å². The minimum absolute atomic E-state index is 0.220. The number of para-hydroxylation sites is 2. The Hall–Kier alpha value is -2.06. The number of ether oxygens (including phenoxy) is 1. The van der Waals surface area contributed by atoms with Gasteiger partial charge in [0.15, 0.2) is 5.75 Å². The number of carboxylic acid groups (broad SMARTS) is 1. The van der Waals surface area contributed by atoms with Gasteiger partial charge in [0.1, 0.15) is 15.8 Å². The zero-order valence-electron chi connectivity index (χ0n) is 10.9. The van der Waals surface area contributed by atoms with Crippen molar-refractivity contribution in [2.24, 2.45) is 0 Å². The highest BCUT2D eigenvalue weighted by atomic mass is 32.2. The molecule has 1 aromatic carbocycles. The third kappa shape index (κ3) is 2.26. The van der Waals surface area contributed by atoms with Crippen LogP contribution in [0.5, 0.6) is 5.75 Å². The third-order valence-electron chi connectivity index (χ3n) is 3.07. The molecule has 2 aliphatic heterocycles. The molecule has 2 aliphatic rings. The summed E-state index contributed by atoms with van der Waals surface area (Å²) in [5, 5.41) is 8.83. The monoisotopic (exact) mass is 322 g/mol. The second-order valence-corrected chi connectivity index (χ2v) is 6.06. The highest BCUT2D eigenvalue weighted by molar-refractivity contribution is 8.26. The van der Waals surface area contributed by atoms with Crippen molar-refractivity contribution in [2.45, 2.75) is 0 Å². The van der Waals surface area contributed by atoms with Gasteiger partial charge in [-0.05, 0) is 23.9 Å². The fraction of sp³-hybridized carbons (Fsp3) is 0.154. The predicted molar refractivity (Wildman–Crippen MR) is 82.0 cm³/mol. The third-order valence-corrected chi connectivity index (χ3v) is 4.49. The second kappa shape index (κ2) is 5.05. The summed E-state index contributed by atoms with van der Waals surface area (Å²) in [5.74, 6) is -0.525. The average molecular weight is 322 g/mol. The topological polar surface area (TPSA) is 70.1 Å². The summed E-state index contributed by atoms with van der Waals surface area (Å²) >= 11 is 6.12. The summed E-state index contributed by atoms with van der Waals surface area (Å²) in [5.41, 5.74) is 0.844. The van der Waals surface area contributed by atoms with Gasteiger partial charge in [0.2, 0.25) is 5.88 Å². The Kier molecular flexibility index (Phi) is 3.34. The lowest BCUT2D eigenvalue weighted by Gasteiger charge is -2.13. The molecule has 1 fully saturated rings. The van der Waals surface area contributed by atoms with Crippen molar-refractivity contribution in [1.29, 1.82) is 0 Å². The highest BCUT2D eigenvalue weighted by Crippen LogP contribution is 2.43. The standard InChI is InChI=1S/C13H10N2O4S2/c1-14-7-4-2-3-5-8(7)19-12(14)10-11(18)15(6-9(16)17)13(20)21-10/h2-5H,6H2,1H3,(H,16,17)/b12-10+. The van der Waals surface area contributed by atoms with Crippen LogP contribution in [0.15, 0.2) is 35.1 Å². The number of anilines is 1. The van der Waals surface area contributed by atoms with Crippen molar-refractivity contribution in [3.8, 4) is 5.75 Å². The van der Waals surface area contributed by atoms with Gasteiger partial charge in [-0.3, -0.25) is 14.5 Å². The number of nitrogens with zero attached hydrogens (tertiary/aromatic N) is 2. The van der Waals surface area contributed by atoms with E-state index in [0.717, 1.165) is 22.3 Å². The lowest BCUT2D eigenvalue weighted by atomic mass is 10.3. The molecule has 1 saturated heterocycles. The lowest BCUT2D eigenvalue weighted by Crippen LogP contribution is -2.34. The van der Waals surface area contributed by atoms with Crippen LogP contribution in [0.1, 0.15) is 0 Å². The zero-order valence-corrected chi connectivity index (χ0v) is 12.5. The van der Waals surface area contributed by atoms with E-state index in [0.29, 0.717) is 16.5 Å². The van der Waals surface area contributed by atoms with Gasteiger partial charge in [-0.1, -0.05) is 24.4 Å². The van der Waals surface area contributed by atoms with Gasteiger partial charge in [0.25, 0.3) is 5.91 Å². The molecule has 0 atom stereocenters. The maximum absolute atomic E-state index is 12.3. The molecule has 0 spiro atoms. The lowest BCUT2D eigenvalue weighted by molar-refractivity contribution is -0.140. The molecule has 0 bridgehead atoms. The van der Waals surface area contributed by atoms with E-state index in [4.69, 9.17) is 22.1 Å². The Balaban J connectivity index is 1.97. The molecule has 6 nitrogen and oxygen atoms in total. The van der Waals surface area contributed by atoms with Crippen molar-refractivity contribution >= 4 is 45.9 Å². The number of benzene rings is 1. The maximum Gasteiger partial charge on any atom is 0.323 e. The number of carboxylic acids is 1. The number of aliphatic carboxylic acids is 1. The number of carbonyl (C=O) groups excluding carboxylic acids is 1. The van der Waals surface area contributed by atoms with Gasteiger partial charge in [-0.15, -0.1) is 0 Å². The fourth-order valence-corrected chi connectivity index (χ4v) is 3.39. The Morgan fingerprint density at radius 2 is 2.14 bits per heavy atom. The first-order chi connectivity index (χ1) is 9.99. The van der Waals surface area contributed by atoms with E-state index in [2.05, 4.69) is 0 Å². The molecule has 2 heterocycles. The Labute approximate surface area is 130 Å². The number of thiocarbonyl (C=S) groups is 1. The molecule has 108 valence electrons. The molecule has 0 unspecified atom stereocenters. The normalized spacial score (nSPS) is 20.8. The largest absolute Gasteiger partial charge is 0.480 e. The molecule has 8 heteroatoms. The van der Waals surface area contributed by atoms with Crippen molar-refractivity contribution in [3.05, 3.63) is 35.1 Å². The molecule has 0 radical (unpaired) electrons. The van der Waals surface area contributed by atoms with E-state index in [9.17, 15) is 9.59 Å². The number of hydrogen-bond donors (Lipinski definition) is 1. The van der Waals surface area contributed by atoms with E-state index in [1.165, 1.54) is 0 Å². The molecule has 21 heavy (non-hydrogen) atoms. The molecule has 0 saturated carbocycles. The van der Waals surface area contributed by atoms with Crippen LogP contribution in [0, 0.1) is 0 Å². The fourth-order valence-electron chi connectivity index (χ4n) is 2.10. The number of carbonyl (C=O) groups is 2. The van der Waals surface area contributed by atoms with Crippen molar-refractivity contribution in [2.75, 3.05) is 18.5 Å². The van der Waals surface area contributed by atoms with Crippen LogP contribution in [0.25, 0.3) is 0 Å². The minimum Gasteiger partial charge on any atom is -0.480 e. The molecular weight excluding hydrogens is 312 g/mol. The van der Waals surface area contributed by atoms with E-state index >= 15 is 0 Å². The molecular formula is C13H10N2O4S2. The SMILES string of the molecule is CN1/C(=C2\SC(=S)N(CC(=O)O)C2=O)Oc2ccccc21. The van der Waals surface area contributed by atoms with E-state index in [1.54, 1.807) is 18.0 Å². The van der Waals surface area contributed by atoms with Crippen LogP contribution in [0.4, 0.5) is 5.69 Å². The molecule has 0 aliphatic carbocycles. The molecule has 1 N–H and O–H groups in total. The highest BCUT2D eigenvalue weighted by Gasteiger charge is 2.39. The summed E-state index contributed by atoms with van der Waals surface area (Å²) in [6, 6.07) is 7.39. The van der Waals surface area contributed by atoms with Crippen LogP contribution in [0.2, 0.25) is 0 Å². The molecule has 1 aromatic rings. The summed E-state index contributed by atoms with van der Waals surface area (Å²) in [6.07, 6.45) is 0. The van der Waals surface area contributed by atoms with Gasteiger partial charge >= 0.3 is 5.97 Å². The number of hydrogen-bond acceptors (Lipinski definition) is 6. The number of fused-ring (bicyclic) bond motifs is 1. The number of thioether (sulfide) groups is 1. The maximum atomic E-state index is 12.3. The van der Waals surface area contributed by atoms with Gasteiger partial charge < -0.3 is 14.7 Å². The van der Waals surface area contributed by atoms with E-state index in [1.807, 2.05) is 18.2 Å². The van der Waals surface area contributed by atoms with Crippen molar-refractivity contribution in [3.63, 3.8) is 0 Å². The number of amides is 1. The predicted octanol–water partition coefficient (Wildman–Crippen LogP) is 1.63.